The van der Waals surface area contributed by atoms with E-state index in [2.05, 4.69) is 0 Å². The minimum atomic E-state index is -1.33. The van der Waals surface area contributed by atoms with Crippen LogP contribution in [0.25, 0.3) is 0 Å². The molecule has 0 aromatic carbocycles. The summed E-state index contributed by atoms with van der Waals surface area (Å²) in [7, 11) is 0. The summed E-state index contributed by atoms with van der Waals surface area (Å²) in [6.07, 6.45) is 3.43. The summed E-state index contributed by atoms with van der Waals surface area (Å²) in [6.45, 7) is 15.7. The van der Waals surface area contributed by atoms with Crippen molar-refractivity contribution in [1.29, 1.82) is 0 Å². The Morgan fingerprint density at radius 3 is 2.03 bits per heavy atom. The molecule has 0 saturated heterocycles. The molecule has 1 saturated carbocycles. The standard InChI is InChI=1S/C27H40O7/c1-10-17(6)24(29)33-20-12-16(5)13-21(34-25(30)18(7)11-2)26(9)22(32-19(8)28)14-27(31,15(3)4)23(20)26/h10-11,13,15,20-23,31H,12,14H2,1-9H3. The second-order valence-corrected chi connectivity index (χ2v) is 10.2. The number of rotatable bonds is 6. The predicted molar refractivity (Wildman–Crippen MR) is 129 cm³/mol. The molecule has 0 heterocycles. The van der Waals surface area contributed by atoms with E-state index in [1.807, 2.05) is 33.8 Å². The average molecular weight is 477 g/mol. The Balaban J connectivity index is 2.72. The normalized spacial score (nSPS) is 34.1. The lowest BCUT2D eigenvalue weighted by Gasteiger charge is -2.45. The molecule has 2 rings (SSSR count). The van der Waals surface area contributed by atoms with Crippen molar-refractivity contribution in [2.75, 3.05) is 0 Å². The maximum absolute atomic E-state index is 12.8. The smallest absolute Gasteiger partial charge is 0.333 e. The number of hydrogen-bond donors (Lipinski definition) is 1. The lowest BCUT2D eigenvalue weighted by Crippen LogP contribution is -2.55. The van der Waals surface area contributed by atoms with Crippen molar-refractivity contribution in [2.24, 2.45) is 17.3 Å². The van der Waals surface area contributed by atoms with Crippen LogP contribution in [0.2, 0.25) is 0 Å². The van der Waals surface area contributed by atoms with Gasteiger partial charge in [-0.2, -0.15) is 0 Å². The van der Waals surface area contributed by atoms with Crippen LogP contribution in [0.4, 0.5) is 0 Å². The van der Waals surface area contributed by atoms with Gasteiger partial charge < -0.3 is 19.3 Å². The Hall–Kier alpha value is -2.41. The molecule has 34 heavy (non-hydrogen) atoms. The molecule has 0 bridgehead atoms. The first-order chi connectivity index (χ1) is 15.7. The van der Waals surface area contributed by atoms with E-state index >= 15 is 0 Å². The van der Waals surface area contributed by atoms with Gasteiger partial charge in [-0.3, -0.25) is 4.79 Å². The van der Waals surface area contributed by atoms with Gasteiger partial charge in [-0.25, -0.2) is 9.59 Å². The molecule has 1 fully saturated rings. The third-order valence-corrected chi connectivity index (χ3v) is 7.67. The van der Waals surface area contributed by atoms with Gasteiger partial charge in [0.15, 0.2) is 0 Å². The van der Waals surface area contributed by atoms with Crippen LogP contribution in [0, 0.1) is 17.3 Å². The molecule has 0 aliphatic heterocycles. The number of hydrogen-bond acceptors (Lipinski definition) is 7. The minimum absolute atomic E-state index is 0.144. The molecule has 0 aromatic heterocycles. The summed E-state index contributed by atoms with van der Waals surface area (Å²) < 4.78 is 17.7. The largest absolute Gasteiger partial charge is 0.462 e. The fourth-order valence-electron chi connectivity index (χ4n) is 5.32. The molecule has 6 atom stereocenters. The zero-order valence-corrected chi connectivity index (χ0v) is 21.9. The summed E-state index contributed by atoms with van der Waals surface area (Å²) in [4.78, 5) is 37.7. The molecule has 0 aromatic rings. The van der Waals surface area contributed by atoms with Crippen LogP contribution in [-0.2, 0) is 28.6 Å². The molecular weight excluding hydrogens is 436 g/mol. The summed E-state index contributed by atoms with van der Waals surface area (Å²) in [6, 6.07) is 0. The second-order valence-electron chi connectivity index (χ2n) is 10.2. The fraction of sp³-hybridized carbons (Fsp3) is 0.667. The molecule has 0 amide bonds. The maximum atomic E-state index is 12.8. The SMILES string of the molecule is CC=C(C)C(=O)OC1CC(C)=CC(OC(=O)C(C)=CC)C2(C)C(OC(C)=O)CC(O)(C(C)C)C12. The number of ether oxygens (including phenoxy) is 3. The Kier molecular flexibility index (Phi) is 8.57. The number of esters is 3. The van der Waals surface area contributed by atoms with E-state index in [1.54, 1.807) is 39.8 Å². The van der Waals surface area contributed by atoms with Crippen molar-refractivity contribution in [3.63, 3.8) is 0 Å². The van der Waals surface area contributed by atoms with E-state index < -0.39 is 53.2 Å². The summed E-state index contributed by atoms with van der Waals surface area (Å²) in [5, 5.41) is 12.0. The van der Waals surface area contributed by atoms with Crippen LogP contribution in [0.1, 0.15) is 75.2 Å². The van der Waals surface area contributed by atoms with Crippen LogP contribution in [-0.4, -0.2) is 46.9 Å². The highest BCUT2D eigenvalue weighted by Gasteiger charge is 2.69. The molecule has 7 nitrogen and oxygen atoms in total. The van der Waals surface area contributed by atoms with E-state index in [9.17, 15) is 19.5 Å². The molecule has 0 radical (unpaired) electrons. The van der Waals surface area contributed by atoms with Crippen molar-refractivity contribution in [1.82, 2.24) is 0 Å². The fourth-order valence-corrected chi connectivity index (χ4v) is 5.32. The van der Waals surface area contributed by atoms with Gasteiger partial charge in [0.1, 0.15) is 18.3 Å². The van der Waals surface area contributed by atoms with Crippen molar-refractivity contribution >= 4 is 17.9 Å². The van der Waals surface area contributed by atoms with Gasteiger partial charge in [-0.1, -0.05) is 38.5 Å². The highest BCUT2D eigenvalue weighted by atomic mass is 16.6. The maximum Gasteiger partial charge on any atom is 0.333 e. The summed E-state index contributed by atoms with van der Waals surface area (Å²) in [5.41, 5.74) is -0.608. The van der Waals surface area contributed by atoms with Crippen LogP contribution in [0.3, 0.4) is 0 Å². The highest BCUT2D eigenvalue weighted by molar-refractivity contribution is 5.88. The molecule has 2 aliphatic carbocycles. The molecule has 0 spiro atoms. The first-order valence-electron chi connectivity index (χ1n) is 12.0. The average Bonchev–Trinajstić information content (AvgIpc) is 2.92. The van der Waals surface area contributed by atoms with E-state index in [4.69, 9.17) is 14.2 Å². The second kappa shape index (κ2) is 10.5. The van der Waals surface area contributed by atoms with E-state index in [0.717, 1.165) is 5.57 Å². The Morgan fingerprint density at radius 1 is 1.03 bits per heavy atom. The molecule has 1 N–H and O–H groups in total. The van der Waals surface area contributed by atoms with Gasteiger partial charge >= 0.3 is 17.9 Å². The number of allylic oxidation sites excluding steroid dienone is 2. The molecule has 190 valence electrons. The predicted octanol–water partition coefficient (Wildman–Crippen LogP) is 4.44. The summed E-state index contributed by atoms with van der Waals surface area (Å²) >= 11 is 0. The molecule has 7 heteroatoms. The number of carbonyl (C=O) groups excluding carboxylic acids is 3. The topological polar surface area (TPSA) is 99.1 Å². The monoisotopic (exact) mass is 476 g/mol. The van der Waals surface area contributed by atoms with Crippen LogP contribution in [0.15, 0.2) is 34.9 Å². The van der Waals surface area contributed by atoms with Gasteiger partial charge in [-0.05, 0) is 46.6 Å². The summed E-state index contributed by atoms with van der Waals surface area (Å²) in [5.74, 6) is -2.34. The zero-order valence-electron chi connectivity index (χ0n) is 21.9. The van der Waals surface area contributed by atoms with Crippen LogP contribution in [0.5, 0.6) is 0 Å². The molecular formula is C27H40O7. The Labute approximate surface area is 203 Å². The first kappa shape index (κ1) is 27.8. The van der Waals surface area contributed by atoms with Gasteiger partial charge in [0.05, 0.1) is 11.0 Å². The molecule has 2 aliphatic rings. The van der Waals surface area contributed by atoms with Crippen LogP contribution >= 0.6 is 0 Å². The minimum Gasteiger partial charge on any atom is -0.462 e. The van der Waals surface area contributed by atoms with Crippen molar-refractivity contribution in [3.8, 4) is 0 Å². The van der Waals surface area contributed by atoms with Gasteiger partial charge in [0.25, 0.3) is 0 Å². The van der Waals surface area contributed by atoms with Gasteiger partial charge in [0, 0.05) is 36.8 Å². The zero-order chi connectivity index (χ0) is 26.0. The third kappa shape index (κ3) is 5.14. The van der Waals surface area contributed by atoms with E-state index in [-0.39, 0.29) is 12.3 Å². The van der Waals surface area contributed by atoms with Crippen molar-refractivity contribution in [2.45, 2.75) is 99.1 Å². The Bertz CT molecular complexity index is 912. The quantitative estimate of drug-likeness (QED) is 0.262. The Morgan fingerprint density at radius 2 is 1.56 bits per heavy atom. The first-order valence-corrected chi connectivity index (χ1v) is 12.0. The third-order valence-electron chi connectivity index (χ3n) is 7.67. The highest BCUT2D eigenvalue weighted by Crippen LogP contribution is 2.60. The van der Waals surface area contributed by atoms with Gasteiger partial charge in [-0.15, -0.1) is 0 Å². The lowest BCUT2D eigenvalue weighted by molar-refractivity contribution is -0.181. The molecule has 6 unspecified atom stereocenters. The van der Waals surface area contributed by atoms with Crippen molar-refractivity contribution in [3.05, 3.63) is 34.9 Å². The lowest BCUT2D eigenvalue weighted by atomic mass is 9.66. The number of fused-ring (bicyclic) bond motifs is 1. The van der Waals surface area contributed by atoms with E-state index in [0.29, 0.717) is 17.6 Å². The number of carbonyl (C=O) groups is 3. The van der Waals surface area contributed by atoms with E-state index in [1.165, 1.54) is 6.92 Å². The van der Waals surface area contributed by atoms with Gasteiger partial charge in [0.2, 0.25) is 0 Å². The van der Waals surface area contributed by atoms with Crippen molar-refractivity contribution < 1.29 is 33.7 Å². The number of aliphatic hydroxyl groups is 1. The van der Waals surface area contributed by atoms with Crippen LogP contribution < -0.4 is 0 Å².